The second kappa shape index (κ2) is 11.0. The molecule has 37 heavy (non-hydrogen) atoms. The van der Waals surface area contributed by atoms with Crippen molar-refractivity contribution in [3.8, 4) is 11.1 Å². The predicted molar refractivity (Wildman–Crippen MR) is 151 cm³/mol. The smallest absolute Gasteiger partial charge is 0.0927 e. The van der Waals surface area contributed by atoms with Crippen molar-refractivity contribution >= 4 is 23.1 Å². The van der Waals surface area contributed by atoms with Gasteiger partial charge in [-0.05, 0) is 60.4 Å². The molecule has 2 aromatic heterocycles. The Morgan fingerprint density at radius 1 is 0.919 bits per heavy atom. The summed E-state index contributed by atoms with van der Waals surface area (Å²) in [4.78, 5) is 5.03. The van der Waals surface area contributed by atoms with Crippen molar-refractivity contribution < 1.29 is 0 Å². The van der Waals surface area contributed by atoms with E-state index >= 15 is 0 Å². The molecule has 0 aliphatic carbocycles. The number of aromatic amines is 1. The monoisotopic (exact) mass is 495 g/mol. The Labute approximate surface area is 219 Å². The van der Waals surface area contributed by atoms with Crippen molar-refractivity contribution in [3.05, 3.63) is 71.7 Å². The van der Waals surface area contributed by atoms with E-state index in [0.29, 0.717) is 6.04 Å². The highest BCUT2D eigenvalue weighted by atomic mass is 15.3. The number of aromatic nitrogens is 4. The van der Waals surface area contributed by atoms with Gasteiger partial charge in [-0.25, -0.2) is 0 Å². The fourth-order valence-electron chi connectivity index (χ4n) is 5.58. The molecule has 0 radical (unpaired) electrons. The van der Waals surface area contributed by atoms with Gasteiger partial charge < -0.3 is 10.2 Å². The molecule has 0 bridgehead atoms. The second-order valence-corrected chi connectivity index (χ2v) is 10.3. The molecule has 4 heterocycles. The number of hydrogen-bond donors (Lipinski definition) is 2. The van der Waals surface area contributed by atoms with Crippen molar-refractivity contribution in [1.82, 2.24) is 35.1 Å². The number of piperazine rings is 1. The lowest BCUT2D eigenvalue weighted by molar-refractivity contribution is 0.187. The van der Waals surface area contributed by atoms with Crippen LogP contribution in [-0.2, 0) is 6.54 Å². The molecule has 0 atom stereocenters. The number of H-pyrrole nitrogens is 1. The molecule has 7 nitrogen and oxygen atoms in total. The molecule has 2 aliphatic rings. The first kappa shape index (κ1) is 24.1. The largest absolute Gasteiger partial charge is 0.314 e. The van der Waals surface area contributed by atoms with Gasteiger partial charge in [0.1, 0.15) is 0 Å². The highest BCUT2D eigenvalue weighted by Crippen LogP contribution is 2.27. The van der Waals surface area contributed by atoms with Gasteiger partial charge in [0.15, 0.2) is 0 Å². The van der Waals surface area contributed by atoms with Crippen LogP contribution in [0.5, 0.6) is 0 Å². The Balaban J connectivity index is 1.15. The standard InChI is InChI=1S/C30H37N7/c1-2-35-15-11-27(12-16-35)37-22-24(20-32-37)5-9-29-28-19-26(8-10-30(28)34-33-29)25-6-3-23(4-7-25)21-36-17-13-31-14-18-36/h3-10,19-20,22,27,31H,2,11-18,21H2,1H3,(H,33,34)/b9-5+. The van der Waals surface area contributed by atoms with Gasteiger partial charge in [0.05, 0.1) is 23.4 Å². The maximum absolute atomic E-state index is 4.66. The first-order chi connectivity index (χ1) is 18.2. The molecule has 2 N–H and O–H groups in total. The van der Waals surface area contributed by atoms with Crippen molar-refractivity contribution in [3.63, 3.8) is 0 Å². The zero-order valence-electron chi connectivity index (χ0n) is 21.7. The van der Waals surface area contributed by atoms with E-state index < -0.39 is 0 Å². The number of benzene rings is 2. The molecule has 0 spiro atoms. The minimum Gasteiger partial charge on any atom is -0.314 e. The van der Waals surface area contributed by atoms with E-state index in [1.54, 1.807) is 0 Å². The van der Waals surface area contributed by atoms with Gasteiger partial charge >= 0.3 is 0 Å². The quantitative estimate of drug-likeness (QED) is 0.391. The fraction of sp³-hybridized carbons (Fsp3) is 0.400. The van der Waals surface area contributed by atoms with Crippen LogP contribution in [0.3, 0.4) is 0 Å². The summed E-state index contributed by atoms with van der Waals surface area (Å²) in [5.74, 6) is 0. The van der Waals surface area contributed by atoms with Crippen molar-refractivity contribution in [2.24, 2.45) is 0 Å². The van der Waals surface area contributed by atoms with E-state index in [-0.39, 0.29) is 0 Å². The lowest BCUT2D eigenvalue weighted by Crippen LogP contribution is -2.42. The van der Waals surface area contributed by atoms with Crippen LogP contribution >= 0.6 is 0 Å². The SMILES string of the molecule is CCN1CCC(n2cc(/C=C/c3n[nH]c4ccc(-c5ccc(CN6CCNCC6)cc5)cc34)cn2)CC1. The third-order valence-corrected chi connectivity index (χ3v) is 7.93. The van der Waals surface area contributed by atoms with E-state index in [0.717, 1.165) is 74.5 Å². The van der Waals surface area contributed by atoms with Gasteiger partial charge in [0.25, 0.3) is 0 Å². The molecule has 0 amide bonds. The molecule has 2 saturated heterocycles. The first-order valence-electron chi connectivity index (χ1n) is 13.7. The van der Waals surface area contributed by atoms with Gasteiger partial charge in [-0.2, -0.15) is 10.2 Å². The number of nitrogens with zero attached hydrogens (tertiary/aromatic N) is 5. The van der Waals surface area contributed by atoms with Gasteiger partial charge in [-0.15, -0.1) is 0 Å². The van der Waals surface area contributed by atoms with E-state index in [9.17, 15) is 0 Å². The van der Waals surface area contributed by atoms with Gasteiger partial charge in [0, 0.05) is 63.0 Å². The Hall–Kier alpha value is -3.26. The van der Waals surface area contributed by atoms with Crippen LogP contribution in [0.25, 0.3) is 34.2 Å². The maximum atomic E-state index is 4.66. The van der Waals surface area contributed by atoms with E-state index in [4.69, 9.17) is 0 Å². The molecular weight excluding hydrogens is 458 g/mol. The summed E-state index contributed by atoms with van der Waals surface area (Å²) in [5.41, 5.74) is 6.94. The zero-order valence-corrected chi connectivity index (χ0v) is 21.7. The summed E-state index contributed by atoms with van der Waals surface area (Å²) in [5, 5.41) is 17.0. The van der Waals surface area contributed by atoms with E-state index in [1.807, 2.05) is 6.20 Å². The van der Waals surface area contributed by atoms with Gasteiger partial charge in [-0.1, -0.05) is 37.3 Å². The molecule has 6 rings (SSSR count). The summed E-state index contributed by atoms with van der Waals surface area (Å²) in [6, 6.07) is 16.1. The fourth-order valence-corrected chi connectivity index (χ4v) is 5.58. The van der Waals surface area contributed by atoms with Crippen molar-refractivity contribution in [2.75, 3.05) is 45.8 Å². The molecule has 2 fully saturated rings. The minimum atomic E-state index is 0.502. The lowest BCUT2D eigenvalue weighted by atomic mass is 10.0. The van der Waals surface area contributed by atoms with Crippen LogP contribution in [-0.4, -0.2) is 75.6 Å². The van der Waals surface area contributed by atoms with Crippen LogP contribution in [0.2, 0.25) is 0 Å². The van der Waals surface area contributed by atoms with Crippen LogP contribution in [0.1, 0.15) is 42.6 Å². The zero-order chi connectivity index (χ0) is 25.0. The average molecular weight is 496 g/mol. The maximum Gasteiger partial charge on any atom is 0.0927 e. The summed E-state index contributed by atoms with van der Waals surface area (Å²) in [7, 11) is 0. The Morgan fingerprint density at radius 2 is 1.70 bits per heavy atom. The molecule has 2 aliphatic heterocycles. The Morgan fingerprint density at radius 3 is 2.49 bits per heavy atom. The normalized spacial score (nSPS) is 18.3. The number of likely N-dealkylation sites (tertiary alicyclic amines) is 1. The molecule has 0 unspecified atom stereocenters. The third kappa shape index (κ3) is 5.54. The van der Waals surface area contributed by atoms with Crippen molar-refractivity contribution in [1.29, 1.82) is 0 Å². The van der Waals surface area contributed by atoms with Gasteiger partial charge in [-0.3, -0.25) is 14.7 Å². The number of rotatable bonds is 7. The van der Waals surface area contributed by atoms with Crippen molar-refractivity contribution in [2.45, 2.75) is 32.4 Å². The Bertz CT molecular complexity index is 1340. The molecular formula is C30H37N7. The summed E-state index contributed by atoms with van der Waals surface area (Å²) in [6.07, 6.45) is 10.7. The topological polar surface area (TPSA) is 65.0 Å². The number of hydrogen-bond acceptors (Lipinski definition) is 5. The summed E-state index contributed by atoms with van der Waals surface area (Å²) >= 11 is 0. The highest BCUT2D eigenvalue weighted by molar-refractivity contribution is 5.92. The van der Waals surface area contributed by atoms with Crippen LogP contribution in [0.4, 0.5) is 0 Å². The molecule has 7 heteroatoms. The molecule has 4 aromatic rings. The molecule has 192 valence electrons. The van der Waals surface area contributed by atoms with E-state index in [1.165, 1.54) is 29.5 Å². The van der Waals surface area contributed by atoms with Gasteiger partial charge in [0.2, 0.25) is 0 Å². The molecule has 2 aromatic carbocycles. The van der Waals surface area contributed by atoms with Crippen LogP contribution in [0, 0.1) is 0 Å². The van der Waals surface area contributed by atoms with Crippen LogP contribution < -0.4 is 5.32 Å². The predicted octanol–water partition coefficient (Wildman–Crippen LogP) is 4.66. The van der Waals surface area contributed by atoms with E-state index in [2.05, 4.69) is 103 Å². The Kier molecular flexibility index (Phi) is 7.17. The van der Waals surface area contributed by atoms with Crippen LogP contribution in [0.15, 0.2) is 54.9 Å². The number of nitrogens with one attached hydrogen (secondary N) is 2. The highest BCUT2D eigenvalue weighted by Gasteiger charge is 2.20. The lowest BCUT2D eigenvalue weighted by Gasteiger charge is -2.31. The number of fused-ring (bicyclic) bond motifs is 1. The summed E-state index contributed by atoms with van der Waals surface area (Å²) < 4.78 is 2.15. The first-order valence-corrected chi connectivity index (χ1v) is 13.7. The average Bonchev–Trinajstić information content (AvgIpc) is 3.60. The third-order valence-electron chi connectivity index (χ3n) is 7.93. The summed E-state index contributed by atoms with van der Waals surface area (Å²) in [6.45, 7) is 11.1. The second-order valence-electron chi connectivity index (χ2n) is 10.3. The number of piperidine rings is 1. The molecule has 0 saturated carbocycles. The minimum absolute atomic E-state index is 0.502.